The van der Waals surface area contributed by atoms with Crippen LogP contribution < -0.4 is 10.6 Å². The van der Waals surface area contributed by atoms with E-state index in [-0.39, 0.29) is 23.7 Å². The molecule has 176 valence electrons. The third kappa shape index (κ3) is 4.93. The van der Waals surface area contributed by atoms with Crippen molar-refractivity contribution in [3.8, 4) is 0 Å². The van der Waals surface area contributed by atoms with Gasteiger partial charge in [0.25, 0.3) is 0 Å². The zero-order valence-electron chi connectivity index (χ0n) is 20.1. The summed E-state index contributed by atoms with van der Waals surface area (Å²) in [7, 11) is 0. The van der Waals surface area contributed by atoms with Crippen molar-refractivity contribution in [2.75, 3.05) is 26.2 Å². The van der Waals surface area contributed by atoms with Gasteiger partial charge in [0.2, 0.25) is 0 Å². The molecule has 0 bridgehead atoms. The van der Waals surface area contributed by atoms with Crippen molar-refractivity contribution in [2.45, 2.75) is 82.6 Å². The highest BCUT2D eigenvalue weighted by Crippen LogP contribution is 2.46. The normalized spacial score (nSPS) is 26.2. The summed E-state index contributed by atoms with van der Waals surface area (Å²) in [6, 6.07) is 7.38. The average Bonchev–Trinajstić information content (AvgIpc) is 2.81. The van der Waals surface area contributed by atoms with Gasteiger partial charge < -0.3 is 20.8 Å². The summed E-state index contributed by atoms with van der Waals surface area (Å²) in [5.74, 6) is 0. The second-order valence-corrected chi connectivity index (χ2v) is 11.0. The molecular formula is C26H40N4O2. The van der Waals surface area contributed by atoms with E-state index in [1.54, 1.807) is 0 Å². The van der Waals surface area contributed by atoms with Crippen LogP contribution in [0, 0.1) is 0 Å². The Morgan fingerprint density at radius 1 is 1.12 bits per heavy atom. The van der Waals surface area contributed by atoms with Crippen LogP contribution >= 0.6 is 0 Å². The van der Waals surface area contributed by atoms with Gasteiger partial charge in [-0.15, -0.1) is 0 Å². The van der Waals surface area contributed by atoms with Crippen molar-refractivity contribution in [1.82, 2.24) is 15.5 Å². The Labute approximate surface area is 192 Å². The van der Waals surface area contributed by atoms with Crippen LogP contribution in [0.5, 0.6) is 0 Å². The zero-order valence-corrected chi connectivity index (χ0v) is 20.1. The van der Waals surface area contributed by atoms with Gasteiger partial charge in [-0.25, -0.2) is 0 Å². The Balaban J connectivity index is 1.41. The summed E-state index contributed by atoms with van der Waals surface area (Å²) in [5.41, 5.74) is 5.76. The van der Waals surface area contributed by atoms with Crippen molar-refractivity contribution in [3.63, 3.8) is 0 Å². The van der Waals surface area contributed by atoms with Crippen molar-refractivity contribution in [2.24, 2.45) is 4.99 Å². The number of fused-ring (bicyclic) bond motifs is 1. The molecule has 2 aliphatic heterocycles. The Hall–Kier alpha value is -1.73. The highest BCUT2D eigenvalue weighted by Gasteiger charge is 2.37. The lowest BCUT2D eigenvalue weighted by Gasteiger charge is -2.42. The van der Waals surface area contributed by atoms with E-state index in [9.17, 15) is 5.11 Å². The Kier molecular flexibility index (Phi) is 6.78. The van der Waals surface area contributed by atoms with E-state index in [0.29, 0.717) is 12.6 Å². The van der Waals surface area contributed by atoms with Crippen molar-refractivity contribution in [3.05, 3.63) is 41.0 Å². The molecule has 1 aliphatic carbocycles. The zero-order chi connectivity index (χ0) is 22.9. The van der Waals surface area contributed by atoms with Gasteiger partial charge in [-0.1, -0.05) is 39.8 Å². The molecule has 4 rings (SSSR count). The molecule has 1 aromatic carbocycles. The number of aliphatic hydroxyl groups excluding tert-OH is 2. The lowest BCUT2D eigenvalue weighted by molar-refractivity contribution is 0.0839. The Morgan fingerprint density at radius 3 is 2.50 bits per heavy atom. The number of allylic oxidation sites excluding steroid dienone is 1. The Bertz CT molecular complexity index is 869. The monoisotopic (exact) mass is 440 g/mol. The summed E-state index contributed by atoms with van der Waals surface area (Å²) in [6.45, 7) is 11.6. The van der Waals surface area contributed by atoms with E-state index in [0.717, 1.165) is 31.6 Å². The number of nitrogens with zero attached hydrogens (tertiary/aromatic N) is 2. The molecule has 2 atom stereocenters. The van der Waals surface area contributed by atoms with Crippen molar-refractivity contribution < 1.29 is 10.2 Å². The fraction of sp³-hybridized carbons (Fsp3) is 0.654. The Morgan fingerprint density at radius 2 is 1.81 bits per heavy atom. The molecule has 6 nitrogen and oxygen atoms in total. The molecule has 0 spiro atoms. The van der Waals surface area contributed by atoms with E-state index in [4.69, 9.17) is 10.1 Å². The van der Waals surface area contributed by atoms with Gasteiger partial charge in [0.05, 0.1) is 12.7 Å². The molecule has 0 aromatic heterocycles. The van der Waals surface area contributed by atoms with Crippen LogP contribution in [0.15, 0.2) is 29.3 Å². The first-order chi connectivity index (χ1) is 15.2. The number of aliphatic hydroxyl groups is 2. The average molecular weight is 441 g/mol. The minimum atomic E-state index is -0.683. The largest absolute Gasteiger partial charge is 0.394 e. The van der Waals surface area contributed by atoms with Gasteiger partial charge >= 0.3 is 0 Å². The standard InChI is InChI=1S/C26H40N4O2/c1-25(2)10-11-26(3,4)22-15-18(5-6-21(22)25)23-7-12-27-24(29-23)30-13-8-19(9-14-30)28-16-20(32)17-31/h5-7,12,15,19-20,24,28-29,31-32H,8-11,13-14,16-17H2,1-4H3/t20-,24?/m1/s1. The predicted molar refractivity (Wildman–Crippen MR) is 131 cm³/mol. The van der Waals surface area contributed by atoms with E-state index < -0.39 is 6.10 Å². The minimum absolute atomic E-state index is 0.0422. The number of likely N-dealkylation sites (tertiary alicyclic amines) is 1. The van der Waals surface area contributed by atoms with Crippen molar-refractivity contribution in [1.29, 1.82) is 0 Å². The second kappa shape index (κ2) is 9.26. The third-order valence-corrected chi connectivity index (χ3v) is 7.65. The molecule has 32 heavy (non-hydrogen) atoms. The summed E-state index contributed by atoms with van der Waals surface area (Å²) < 4.78 is 0. The summed E-state index contributed by atoms with van der Waals surface area (Å²) >= 11 is 0. The first-order valence-corrected chi connectivity index (χ1v) is 12.1. The van der Waals surface area contributed by atoms with Crippen LogP contribution in [0.25, 0.3) is 5.70 Å². The van der Waals surface area contributed by atoms with Gasteiger partial charge in [-0.05, 0) is 65.3 Å². The van der Waals surface area contributed by atoms with E-state index in [1.165, 1.54) is 29.5 Å². The maximum atomic E-state index is 9.56. The molecule has 6 heteroatoms. The van der Waals surface area contributed by atoms with Crippen LogP contribution in [0.4, 0.5) is 0 Å². The van der Waals surface area contributed by atoms with E-state index in [1.807, 2.05) is 6.21 Å². The number of aliphatic imine (C=N–C) groups is 1. The molecule has 2 heterocycles. The van der Waals surface area contributed by atoms with E-state index >= 15 is 0 Å². The van der Waals surface area contributed by atoms with Gasteiger partial charge in [0, 0.05) is 37.6 Å². The summed E-state index contributed by atoms with van der Waals surface area (Å²) in [4.78, 5) is 7.09. The highest BCUT2D eigenvalue weighted by molar-refractivity contribution is 5.85. The molecule has 3 aliphatic rings. The van der Waals surface area contributed by atoms with Crippen LogP contribution in [-0.4, -0.2) is 66.0 Å². The van der Waals surface area contributed by atoms with Gasteiger partial charge in [-0.3, -0.25) is 9.89 Å². The smallest absolute Gasteiger partial charge is 0.176 e. The number of nitrogens with one attached hydrogen (secondary N) is 2. The molecule has 0 radical (unpaired) electrons. The number of hydrogen-bond acceptors (Lipinski definition) is 6. The fourth-order valence-electron chi connectivity index (χ4n) is 5.26. The van der Waals surface area contributed by atoms with Crippen LogP contribution in [0.3, 0.4) is 0 Å². The summed E-state index contributed by atoms with van der Waals surface area (Å²) in [6.07, 6.45) is 7.76. The molecule has 1 fully saturated rings. The number of hydrogen-bond donors (Lipinski definition) is 4. The van der Waals surface area contributed by atoms with Gasteiger partial charge in [0.1, 0.15) is 0 Å². The number of piperidine rings is 1. The minimum Gasteiger partial charge on any atom is -0.394 e. The van der Waals surface area contributed by atoms with E-state index in [2.05, 4.69) is 67.5 Å². The molecule has 0 saturated carbocycles. The third-order valence-electron chi connectivity index (χ3n) is 7.65. The molecule has 1 aromatic rings. The number of rotatable bonds is 6. The molecule has 1 saturated heterocycles. The first kappa shape index (κ1) is 23.4. The molecular weight excluding hydrogens is 400 g/mol. The van der Waals surface area contributed by atoms with Gasteiger partial charge in [-0.2, -0.15) is 0 Å². The maximum absolute atomic E-state index is 9.56. The van der Waals surface area contributed by atoms with Crippen LogP contribution in [0.1, 0.15) is 70.1 Å². The first-order valence-electron chi connectivity index (χ1n) is 12.1. The molecule has 0 amide bonds. The summed E-state index contributed by atoms with van der Waals surface area (Å²) in [5, 5.41) is 25.6. The number of benzene rings is 1. The van der Waals surface area contributed by atoms with Crippen LogP contribution in [-0.2, 0) is 10.8 Å². The molecule has 4 N–H and O–H groups in total. The second-order valence-electron chi connectivity index (χ2n) is 11.0. The SMILES string of the molecule is CC1(C)CCC(C)(C)c2cc(C3=CC=NC(N4CCC(NC[C@@H](O)CO)CC4)N3)ccc21. The predicted octanol–water partition coefficient (Wildman–Crippen LogP) is 2.74. The maximum Gasteiger partial charge on any atom is 0.176 e. The lowest BCUT2D eigenvalue weighted by atomic mass is 9.63. The van der Waals surface area contributed by atoms with Gasteiger partial charge in [0.15, 0.2) is 6.29 Å². The van der Waals surface area contributed by atoms with Crippen molar-refractivity contribution >= 4 is 11.9 Å². The van der Waals surface area contributed by atoms with Crippen LogP contribution in [0.2, 0.25) is 0 Å². The molecule has 1 unspecified atom stereocenters. The highest BCUT2D eigenvalue weighted by atomic mass is 16.3. The topological polar surface area (TPSA) is 80.1 Å². The fourth-order valence-corrected chi connectivity index (χ4v) is 5.26. The quantitative estimate of drug-likeness (QED) is 0.547. The lowest BCUT2D eigenvalue weighted by Crippen LogP contribution is -2.52.